The van der Waals surface area contributed by atoms with E-state index < -0.39 is 17.8 Å². The second kappa shape index (κ2) is 10.1. The van der Waals surface area contributed by atoms with Gasteiger partial charge in [-0.05, 0) is 73.9 Å². The van der Waals surface area contributed by atoms with Crippen molar-refractivity contribution in [3.05, 3.63) is 82.7 Å². The molecule has 1 N–H and O–H groups in total. The van der Waals surface area contributed by atoms with Crippen LogP contribution < -0.4 is 15.1 Å². The molecule has 0 spiro atoms. The number of morpholine rings is 1. The highest BCUT2D eigenvalue weighted by molar-refractivity contribution is 6.39. The zero-order valence-electron chi connectivity index (χ0n) is 21.3. The van der Waals surface area contributed by atoms with Gasteiger partial charge in [-0.25, -0.2) is 9.69 Å². The van der Waals surface area contributed by atoms with Crippen LogP contribution in [0.2, 0.25) is 0 Å². The van der Waals surface area contributed by atoms with E-state index in [-0.39, 0.29) is 5.57 Å². The summed E-state index contributed by atoms with van der Waals surface area (Å²) in [6, 6.07) is 16.8. The molecule has 2 aromatic carbocycles. The number of anilines is 2. The van der Waals surface area contributed by atoms with E-state index in [1.807, 2.05) is 39.0 Å². The quantitative estimate of drug-likeness (QED) is 0.422. The lowest BCUT2D eigenvalue weighted by Gasteiger charge is -2.29. The maximum atomic E-state index is 13.4. The van der Waals surface area contributed by atoms with Gasteiger partial charge in [0.1, 0.15) is 5.57 Å². The number of ether oxygens (including phenoxy) is 1. The smallest absolute Gasteiger partial charge is 0.335 e. The molecule has 4 amide bonds. The molecule has 8 nitrogen and oxygen atoms in total. The number of hydrogen-bond donors (Lipinski definition) is 1. The highest BCUT2D eigenvalue weighted by Gasteiger charge is 2.37. The molecular formula is C29H30N4O4. The lowest BCUT2D eigenvalue weighted by Crippen LogP contribution is -2.54. The molecule has 0 unspecified atom stereocenters. The van der Waals surface area contributed by atoms with E-state index in [1.165, 1.54) is 0 Å². The van der Waals surface area contributed by atoms with Gasteiger partial charge < -0.3 is 14.2 Å². The summed E-state index contributed by atoms with van der Waals surface area (Å²) in [4.78, 5) is 42.2. The SMILES string of the molecule is CCc1ccccc1N1C(=O)NC(=O)/C(=C\c2cc(C)n(-c3ccc(N4CCOCC4)cc3)c2C)C1=O. The Labute approximate surface area is 216 Å². The molecule has 0 atom stereocenters. The number of amides is 4. The molecule has 3 heterocycles. The fourth-order valence-electron chi connectivity index (χ4n) is 5.02. The second-order valence-corrected chi connectivity index (χ2v) is 9.22. The fourth-order valence-corrected chi connectivity index (χ4v) is 5.02. The predicted molar refractivity (Wildman–Crippen MR) is 143 cm³/mol. The van der Waals surface area contributed by atoms with Crippen molar-refractivity contribution in [1.29, 1.82) is 0 Å². The van der Waals surface area contributed by atoms with Crippen LogP contribution in [0.25, 0.3) is 11.8 Å². The van der Waals surface area contributed by atoms with Gasteiger partial charge in [-0.1, -0.05) is 25.1 Å². The first-order valence-electron chi connectivity index (χ1n) is 12.5. The van der Waals surface area contributed by atoms with Crippen LogP contribution in [0.4, 0.5) is 16.2 Å². The number of barbiturate groups is 1. The Morgan fingerprint density at radius 2 is 1.62 bits per heavy atom. The minimum absolute atomic E-state index is 0.0755. The maximum Gasteiger partial charge on any atom is 0.335 e. The summed E-state index contributed by atoms with van der Waals surface area (Å²) >= 11 is 0. The highest BCUT2D eigenvalue weighted by atomic mass is 16.5. The normalized spacial score (nSPS) is 17.5. The Hall–Kier alpha value is -4.17. The van der Waals surface area contributed by atoms with Crippen molar-refractivity contribution in [2.45, 2.75) is 27.2 Å². The van der Waals surface area contributed by atoms with Crippen molar-refractivity contribution in [2.24, 2.45) is 0 Å². The largest absolute Gasteiger partial charge is 0.378 e. The molecule has 5 rings (SSSR count). The number of urea groups is 1. The molecule has 0 bridgehead atoms. The van der Waals surface area contributed by atoms with Crippen LogP contribution in [0.1, 0.15) is 29.4 Å². The molecule has 37 heavy (non-hydrogen) atoms. The Kier molecular flexibility index (Phi) is 6.67. The average Bonchev–Trinajstić information content (AvgIpc) is 3.19. The first-order valence-corrected chi connectivity index (χ1v) is 12.5. The Balaban J connectivity index is 1.47. The summed E-state index contributed by atoms with van der Waals surface area (Å²) in [5.41, 5.74) is 6.00. The minimum atomic E-state index is -0.737. The molecule has 2 fully saturated rings. The third-order valence-electron chi connectivity index (χ3n) is 6.97. The van der Waals surface area contributed by atoms with Crippen molar-refractivity contribution >= 4 is 35.3 Å². The van der Waals surface area contributed by atoms with Gasteiger partial charge in [0.15, 0.2) is 0 Å². The summed E-state index contributed by atoms with van der Waals surface area (Å²) in [5, 5.41) is 2.33. The van der Waals surface area contributed by atoms with E-state index in [9.17, 15) is 14.4 Å². The number of benzene rings is 2. The zero-order valence-corrected chi connectivity index (χ0v) is 21.3. The summed E-state index contributed by atoms with van der Waals surface area (Å²) in [5.74, 6) is -1.32. The molecule has 3 aromatic rings. The molecule has 2 aliphatic rings. The third-order valence-corrected chi connectivity index (χ3v) is 6.97. The first-order chi connectivity index (χ1) is 17.9. The van der Waals surface area contributed by atoms with Crippen molar-refractivity contribution < 1.29 is 19.1 Å². The van der Waals surface area contributed by atoms with E-state index in [2.05, 4.69) is 39.0 Å². The number of para-hydroxylation sites is 1. The predicted octanol–water partition coefficient (Wildman–Crippen LogP) is 4.16. The van der Waals surface area contributed by atoms with Gasteiger partial charge in [0, 0.05) is 35.9 Å². The van der Waals surface area contributed by atoms with E-state index in [4.69, 9.17) is 4.74 Å². The number of aromatic nitrogens is 1. The monoisotopic (exact) mass is 498 g/mol. The van der Waals surface area contributed by atoms with E-state index in [0.29, 0.717) is 12.1 Å². The van der Waals surface area contributed by atoms with E-state index in [1.54, 1.807) is 18.2 Å². The van der Waals surface area contributed by atoms with Crippen LogP contribution in [0, 0.1) is 13.8 Å². The number of carbonyl (C=O) groups is 3. The van der Waals surface area contributed by atoms with Crippen LogP contribution in [-0.2, 0) is 20.7 Å². The molecule has 0 radical (unpaired) electrons. The van der Waals surface area contributed by atoms with Crippen molar-refractivity contribution in [3.63, 3.8) is 0 Å². The third kappa shape index (κ3) is 4.56. The van der Waals surface area contributed by atoms with E-state index in [0.717, 1.165) is 65.1 Å². The molecule has 0 saturated carbocycles. The van der Waals surface area contributed by atoms with Crippen LogP contribution in [-0.4, -0.2) is 48.7 Å². The van der Waals surface area contributed by atoms with Crippen LogP contribution in [0.3, 0.4) is 0 Å². The number of nitrogens with one attached hydrogen (secondary N) is 1. The Bertz CT molecular complexity index is 1400. The lowest BCUT2D eigenvalue weighted by atomic mass is 10.0. The average molecular weight is 499 g/mol. The molecule has 2 saturated heterocycles. The summed E-state index contributed by atoms with van der Waals surface area (Å²) in [6.45, 7) is 9.10. The summed E-state index contributed by atoms with van der Waals surface area (Å²) in [6.07, 6.45) is 2.22. The van der Waals surface area contributed by atoms with Gasteiger partial charge in [-0.2, -0.15) is 0 Å². The summed E-state index contributed by atoms with van der Waals surface area (Å²) < 4.78 is 7.54. The van der Waals surface area contributed by atoms with Crippen molar-refractivity contribution in [2.75, 3.05) is 36.1 Å². The van der Waals surface area contributed by atoms with Crippen LogP contribution >= 0.6 is 0 Å². The molecule has 8 heteroatoms. The number of hydrogen-bond acceptors (Lipinski definition) is 5. The lowest BCUT2D eigenvalue weighted by molar-refractivity contribution is -0.122. The first kappa shape index (κ1) is 24.5. The Morgan fingerprint density at radius 1 is 0.946 bits per heavy atom. The van der Waals surface area contributed by atoms with Gasteiger partial charge in [0.2, 0.25) is 0 Å². The molecular weight excluding hydrogens is 468 g/mol. The number of rotatable bonds is 5. The number of nitrogens with zero attached hydrogens (tertiary/aromatic N) is 3. The van der Waals surface area contributed by atoms with Gasteiger partial charge >= 0.3 is 6.03 Å². The van der Waals surface area contributed by atoms with Gasteiger partial charge in [-0.15, -0.1) is 0 Å². The van der Waals surface area contributed by atoms with Gasteiger partial charge in [-0.3, -0.25) is 14.9 Å². The second-order valence-electron chi connectivity index (χ2n) is 9.22. The standard InChI is InChI=1S/C29H30N4O4/c1-4-21-7-5-6-8-26(21)33-28(35)25(27(34)30-29(33)36)18-22-17-19(2)32(20(22)3)24-11-9-23(10-12-24)31-13-15-37-16-14-31/h5-12,17-18H,4,13-16H2,1-3H3,(H,30,34,36)/b25-18+. The maximum absolute atomic E-state index is 13.4. The topological polar surface area (TPSA) is 83.9 Å². The molecule has 2 aliphatic heterocycles. The Morgan fingerprint density at radius 3 is 2.32 bits per heavy atom. The molecule has 1 aromatic heterocycles. The van der Waals surface area contributed by atoms with Crippen LogP contribution in [0.5, 0.6) is 0 Å². The fraction of sp³-hybridized carbons (Fsp3) is 0.276. The number of aryl methyl sites for hydroxylation is 2. The highest BCUT2D eigenvalue weighted by Crippen LogP contribution is 2.28. The summed E-state index contributed by atoms with van der Waals surface area (Å²) in [7, 11) is 0. The van der Waals surface area contributed by atoms with E-state index >= 15 is 0 Å². The van der Waals surface area contributed by atoms with Crippen molar-refractivity contribution in [1.82, 2.24) is 9.88 Å². The van der Waals surface area contributed by atoms with Gasteiger partial charge in [0.25, 0.3) is 11.8 Å². The number of imide groups is 2. The minimum Gasteiger partial charge on any atom is -0.378 e. The van der Waals surface area contributed by atoms with Crippen LogP contribution in [0.15, 0.2) is 60.2 Å². The number of carbonyl (C=O) groups excluding carboxylic acids is 3. The van der Waals surface area contributed by atoms with Gasteiger partial charge in [0.05, 0.1) is 18.9 Å². The molecule has 190 valence electrons. The van der Waals surface area contributed by atoms with Crippen molar-refractivity contribution in [3.8, 4) is 5.69 Å². The molecule has 0 aliphatic carbocycles. The zero-order chi connectivity index (χ0) is 26.1.